The lowest BCUT2D eigenvalue weighted by Gasteiger charge is -2.15. The summed E-state index contributed by atoms with van der Waals surface area (Å²) in [5, 5.41) is 0. The molecule has 28 heavy (non-hydrogen) atoms. The molecule has 0 aliphatic carbocycles. The lowest BCUT2D eigenvalue weighted by molar-refractivity contribution is -0.130. The molecular formula is C22H26N2O4. The van der Waals surface area contributed by atoms with Crippen LogP contribution in [0.25, 0.3) is 0 Å². The predicted molar refractivity (Wildman–Crippen MR) is 107 cm³/mol. The Balaban J connectivity index is 1.74. The van der Waals surface area contributed by atoms with E-state index in [1.165, 1.54) is 0 Å². The Labute approximate surface area is 165 Å². The van der Waals surface area contributed by atoms with E-state index >= 15 is 0 Å². The van der Waals surface area contributed by atoms with Crippen molar-refractivity contribution in [3.8, 4) is 5.75 Å². The van der Waals surface area contributed by atoms with Gasteiger partial charge in [0.2, 0.25) is 5.91 Å². The average molecular weight is 382 g/mol. The van der Waals surface area contributed by atoms with Crippen LogP contribution in [0.15, 0.2) is 48.5 Å². The van der Waals surface area contributed by atoms with E-state index in [4.69, 9.17) is 4.74 Å². The molecule has 6 nitrogen and oxygen atoms in total. The second-order valence-corrected chi connectivity index (χ2v) is 6.87. The van der Waals surface area contributed by atoms with Crippen molar-refractivity contribution in [1.82, 2.24) is 10.9 Å². The van der Waals surface area contributed by atoms with Crippen molar-refractivity contribution in [3.63, 3.8) is 0 Å². The number of hydrogen-bond acceptors (Lipinski definition) is 4. The summed E-state index contributed by atoms with van der Waals surface area (Å²) < 4.78 is 5.61. The van der Waals surface area contributed by atoms with E-state index in [-0.39, 0.29) is 31.1 Å². The molecule has 2 aromatic rings. The zero-order chi connectivity index (χ0) is 20.5. The molecule has 2 N–H and O–H groups in total. The number of rotatable bonds is 8. The van der Waals surface area contributed by atoms with Gasteiger partial charge in [-0.05, 0) is 30.0 Å². The molecule has 0 atom stereocenters. The minimum Gasteiger partial charge on any atom is -0.483 e. The van der Waals surface area contributed by atoms with Crippen LogP contribution in [-0.2, 0) is 9.59 Å². The molecular weight excluding hydrogens is 356 g/mol. The summed E-state index contributed by atoms with van der Waals surface area (Å²) in [7, 11) is 0. The molecule has 0 saturated carbocycles. The van der Waals surface area contributed by atoms with Gasteiger partial charge in [-0.3, -0.25) is 25.2 Å². The van der Waals surface area contributed by atoms with Crippen molar-refractivity contribution in [2.24, 2.45) is 0 Å². The zero-order valence-corrected chi connectivity index (χ0v) is 16.5. The molecule has 0 aliphatic rings. The highest BCUT2D eigenvalue weighted by Crippen LogP contribution is 2.27. The van der Waals surface area contributed by atoms with E-state index in [9.17, 15) is 14.4 Å². The van der Waals surface area contributed by atoms with Crippen LogP contribution >= 0.6 is 0 Å². The van der Waals surface area contributed by atoms with Crippen molar-refractivity contribution in [2.45, 2.75) is 39.5 Å². The number of benzene rings is 2. The standard InChI is InChI=1S/C22H26N2O4/c1-15(2)18-10-9-16(3)13-20(18)28-14-22(27)24-23-21(26)12-11-19(25)17-7-5-4-6-8-17/h4-10,13,15H,11-12,14H2,1-3H3,(H,23,26)(H,24,27). The maximum Gasteiger partial charge on any atom is 0.276 e. The van der Waals surface area contributed by atoms with Gasteiger partial charge >= 0.3 is 0 Å². The van der Waals surface area contributed by atoms with Gasteiger partial charge in [0.15, 0.2) is 12.4 Å². The van der Waals surface area contributed by atoms with Crippen molar-refractivity contribution >= 4 is 17.6 Å². The summed E-state index contributed by atoms with van der Waals surface area (Å²) in [5.41, 5.74) is 7.22. The van der Waals surface area contributed by atoms with Crippen LogP contribution in [0.1, 0.15) is 54.1 Å². The quantitative estimate of drug-likeness (QED) is 0.542. The highest BCUT2D eigenvalue weighted by Gasteiger charge is 2.12. The largest absolute Gasteiger partial charge is 0.483 e. The molecule has 0 spiro atoms. The molecule has 0 bridgehead atoms. The molecule has 0 saturated heterocycles. The van der Waals surface area contributed by atoms with Crippen LogP contribution < -0.4 is 15.6 Å². The zero-order valence-electron chi connectivity index (χ0n) is 16.5. The van der Waals surface area contributed by atoms with Crippen molar-refractivity contribution in [3.05, 3.63) is 65.2 Å². The van der Waals surface area contributed by atoms with Crippen LogP contribution in [0.3, 0.4) is 0 Å². The third kappa shape index (κ3) is 6.54. The molecule has 0 aromatic heterocycles. The van der Waals surface area contributed by atoms with E-state index in [0.29, 0.717) is 11.3 Å². The summed E-state index contributed by atoms with van der Waals surface area (Å²) in [6.07, 6.45) is 0.0630. The van der Waals surface area contributed by atoms with Gasteiger partial charge in [0.05, 0.1) is 0 Å². The Kier molecular flexibility index (Phi) is 7.75. The maximum atomic E-state index is 12.0. The van der Waals surface area contributed by atoms with Crippen LogP contribution in [0.5, 0.6) is 5.75 Å². The number of carbonyl (C=O) groups excluding carboxylic acids is 3. The Bertz CT molecular complexity index is 832. The monoisotopic (exact) mass is 382 g/mol. The first-order valence-electron chi connectivity index (χ1n) is 9.26. The number of carbonyl (C=O) groups is 3. The number of ether oxygens (including phenoxy) is 1. The molecule has 2 amide bonds. The number of hydrogen-bond donors (Lipinski definition) is 2. The second-order valence-electron chi connectivity index (χ2n) is 6.87. The third-order valence-corrected chi connectivity index (χ3v) is 4.17. The number of hydrazine groups is 1. The van der Waals surface area contributed by atoms with E-state index in [2.05, 4.69) is 24.7 Å². The second kappa shape index (κ2) is 10.3. The van der Waals surface area contributed by atoms with Crippen LogP contribution in [0.4, 0.5) is 0 Å². The maximum absolute atomic E-state index is 12.0. The summed E-state index contributed by atoms with van der Waals surface area (Å²) in [4.78, 5) is 35.7. The SMILES string of the molecule is Cc1ccc(C(C)C)c(OCC(=O)NNC(=O)CCC(=O)c2ccccc2)c1. The fourth-order valence-electron chi connectivity index (χ4n) is 2.62. The minimum atomic E-state index is -0.473. The van der Waals surface area contributed by atoms with E-state index < -0.39 is 11.8 Å². The van der Waals surface area contributed by atoms with E-state index in [1.54, 1.807) is 24.3 Å². The fraction of sp³-hybridized carbons (Fsp3) is 0.318. The molecule has 0 radical (unpaired) electrons. The fourth-order valence-corrected chi connectivity index (χ4v) is 2.62. The lowest BCUT2D eigenvalue weighted by Crippen LogP contribution is -2.43. The number of Topliss-reactive ketones (excluding diaryl/α,β-unsaturated/α-hetero) is 1. The Hall–Kier alpha value is -3.15. The van der Waals surface area contributed by atoms with Gasteiger partial charge in [0, 0.05) is 18.4 Å². The summed E-state index contributed by atoms with van der Waals surface area (Å²) in [5.74, 6) is -0.105. The first kappa shape index (κ1) is 21.2. The molecule has 0 aliphatic heterocycles. The molecule has 0 fully saturated rings. The molecule has 6 heteroatoms. The normalized spacial score (nSPS) is 10.4. The topological polar surface area (TPSA) is 84.5 Å². The first-order valence-corrected chi connectivity index (χ1v) is 9.26. The van der Waals surface area contributed by atoms with Gasteiger partial charge < -0.3 is 4.74 Å². The number of aryl methyl sites for hydroxylation is 1. The Morgan fingerprint density at radius 2 is 1.61 bits per heavy atom. The van der Waals surface area contributed by atoms with Gasteiger partial charge in [-0.2, -0.15) is 0 Å². The van der Waals surface area contributed by atoms with Crippen molar-refractivity contribution < 1.29 is 19.1 Å². The van der Waals surface area contributed by atoms with Gasteiger partial charge in [0.25, 0.3) is 5.91 Å². The predicted octanol–water partition coefficient (Wildman–Crippen LogP) is 3.31. The van der Waals surface area contributed by atoms with Crippen LogP contribution in [0, 0.1) is 6.92 Å². The van der Waals surface area contributed by atoms with Crippen molar-refractivity contribution in [2.75, 3.05) is 6.61 Å². The van der Waals surface area contributed by atoms with Gasteiger partial charge in [-0.1, -0.05) is 56.3 Å². The van der Waals surface area contributed by atoms with Crippen molar-refractivity contribution in [1.29, 1.82) is 0 Å². The van der Waals surface area contributed by atoms with Gasteiger partial charge in [-0.25, -0.2) is 0 Å². The minimum absolute atomic E-state index is 0.00968. The van der Waals surface area contributed by atoms with Crippen LogP contribution in [-0.4, -0.2) is 24.2 Å². The van der Waals surface area contributed by atoms with Crippen LogP contribution in [0.2, 0.25) is 0 Å². The van der Waals surface area contributed by atoms with E-state index in [0.717, 1.165) is 11.1 Å². The smallest absolute Gasteiger partial charge is 0.276 e. The number of ketones is 1. The summed E-state index contributed by atoms with van der Waals surface area (Å²) in [6.45, 7) is 5.84. The molecule has 2 rings (SSSR count). The summed E-state index contributed by atoms with van der Waals surface area (Å²) >= 11 is 0. The molecule has 0 heterocycles. The number of nitrogens with one attached hydrogen (secondary N) is 2. The lowest BCUT2D eigenvalue weighted by atomic mass is 10.0. The van der Waals surface area contributed by atoms with Gasteiger partial charge in [-0.15, -0.1) is 0 Å². The molecule has 0 unspecified atom stereocenters. The highest BCUT2D eigenvalue weighted by molar-refractivity contribution is 5.98. The van der Waals surface area contributed by atoms with E-state index in [1.807, 2.05) is 31.2 Å². The molecule has 148 valence electrons. The average Bonchev–Trinajstić information content (AvgIpc) is 2.69. The Morgan fingerprint density at radius 1 is 0.929 bits per heavy atom. The highest BCUT2D eigenvalue weighted by atomic mass is 16.5. The van der Waals surface area contributed by atoms with Gasteiger partial charge in [0.1, 0.15) is 5.75 Å². The Morgan fingerprint density at radius 3 is 2.29 bits per heavy atom. The molecule has 2 aromatic carbocycles. The number of amides is 2. The summed E-state index contributed by atoms with van der Waals surface area (Å²) in [6, 6.07) is 14.6. The third-order valence-electron chi connectivity index (χ3n) is 4.17. The first-order chi connectivity index (χ1) is 13.4.